The molecule has 0 aliphatic carbocycles. The molecule has 0 amide bonds. The maximum atomic E-state index is 4.69. The van der Waals surface area contributed by atoms with Crippen molar-refractivity contribution < 1.29 is 0 Å². The van der Waals surface area contributed by atoms with Crippen LogP contribution in [0.25, 0.3) is 17.1 Å². The second-order valence-corrected chi connectivity index (χ2v) is 9.46. The Morgan fingerprint density at radius 2 is 1.41 bits per heavy atom. The topological polar surface area (TPSA) is 43.6 Å². The summed E-state index contributed by atoms with van der Waals surface area (Å²) in [5.41, 5.74) is 5.50. The van der Waals surface area contributed by atoms with Gasteiger partial charge in [-0.25, -0.2) is 0 Å². The third-order valence-electron chi connectivity index (χ3n) is 4.59. The number of hydrogen-bond donors (Lipinski definition) is 0. The Labute approximate surface area is 162 Å². The predicted octanol–water partition coefficient (Wildman–Crippen LogP) is 5.54. The zero-order valence-corrected chi connectivity index (χ0v) is 17.8. The van der Waals surface area contributed by atoms with E-state index in [4.69, 9.17) is 0 Å². The third kappa shape index (κ3) is 3.95. The second-order valence-electron chi connectivity index (χ2n) is 9.46. The zero-order valence-electron chi connectivity index (χ0n) is 17.8. The fourth-order valence-electron chi connectivity index (χ4n) is 3.25. The number of nitrogens with zero attached hydrogens (tertiary/aromatic N) is 4. The van der Waals surface area contributed by atoms with Crippen LogP contribution >= 0.6 is 0 Å². The highest BCUT2D eigenvalue weighted by Gasteiger charge is 2.26. The minimum atomic E-state index is -0.123. The van der Waals surface area contributed by atoms with Gasteiger partial charge in [0.2, 0.25) is 0 Å². The van der Waals surface area contributed by atoms with E-state index in [1.54, 1.807) is 0 Å². The number of aromatic nitrogens is 4. The lowest BCUT2D eigenvalue weighted by Gasteiger charge is -2.21. The Bertz CT molecular complexity index is 931. The van der Waals surface area contributed by atoms with Crippen LogP contribution < -0.4 is 0 Å². The molecule has 0 unspecified atom stereocenters. The summed E-state index contributed by atoms with van der Waals surface area (Å²) >= 11 is 0. The molecule has 0 aliphatic rings. The van der Waals surface area contributed by atoms with Gasteiger partial charge in [0.15, 0.2) is 5.82 Å². The van der Waals surface area contributed by atoms with Crippen molar-refractivity contribution in [2.24, 2.45) is 0 Å². The van der Waals surface area contributed by atoms with Crippen LogP contribution in [-0.4, -0.2) is 19.7 Å². The lowest BCUT2D eigenvalue weighted by molar-refractivity contribution is 0.533. The summed E-state index contributed by atoms with van der Waals surface area (Å²) in [4.78, 5) is 4.69. The molecule has 27 heavy (non-hydrogen) atoms. The number of benzene rings is 1. The molecule has 0 radical (unpaired) electrons. The maximum Gasteiger partial charge on any atom is 0.170 e. The van der Waals surface area contributed by atoms with Crippen LogP contribution in [0.2, 0.25) is 0 Å². The summed E-state index contributed by atoms with van der Waals surface area (Å²) in [6, 6.07) is 10.7. The predicted molar refractivity (Wildman–Crippen MR) is 111 cm³/mol. The Kier molecular flexibility index (Phi) is 4.71. The molecule has 3 aromatic rings. The molecule has 2 aromatic heterocycles. The minimum absolute atomic E-state index is 0.0242. The zero-order chi connectivity index (χ0) is 20.0. The largest absolute Gasteiger partial charge is 0.278 e. The molecule has 0 spiro atoms. The molecule has 0 atom stereocenters. The highest BCUT2D eigenvalue weighted by atomic mass is 15.3. The van der Waals surface area contributed by atoms with Crippen molar-refractivity contribution in [1.82, 2.24) is 19.7 Å². The monoisotopic (exact) mass is 362 g/mol. The fourth-order valence-corrected chi connectivity index (χ4v) is 3.25. The first-order chi connectivity index (χ1) is 12.5. The van der Waals surface area contributed by atoms with Crippen LogP contribution in [0.15, 0.2) is 36.5 Å². The van der Waals surface area contributed by atoms with E-state index in [9.17, 15) is 0 Å². The highest BCUT2D eigenvalue weighted by molar-refractivity contribution is 5.59. The van der Waals surface area contributed by atoms with Crippen molar-refractivity contribution in [2.45, 2.75) is 66.2 Å². The van der Waals surface area contributed by atoms with E-state index in [0.717, 1.165) is 28.6 Å². The summed E-state index contributed by atoms with van der Waals surface area (Å²) < 4.78 is 2.17. The van der Waals surface area contributed by atoms with Gasteiger partial charge in [0.05, 0.1) is 0 Å². The Hall–Kier alpha value is -2.49. The Morgan fingerprint density at radius 1 is 0.778 bits per heavy atom. The van der Waals surface area contributed by atoms with Crippen molar-refractivity contribution >= 4 is 0 Å². The van der Waals surface area contributed by atoms with Crippen molar-refractivity contribution in [3.05, 3.63) is 59.2 Å². The summed E-state index contributed by atoms with van der Waals surface area (Å²) in [7, 11) is 0. The molecule has 0 bridgehead atoms. The molecule has 142 valence electrons. The summed E-state index contributed by atoms with van der Waals surface area (Å²) in [5, 5.41) is 9.11. The first-order valence-electron chi connectivity index (χ1n) is 9.48. The van der Waals surface area contributed by atoms with Crippen LogP contribution in [0.3, 0.4) is 0 Å². The molecule has 0 aliphatic heterocycles. The number of rotatable bonds is 2. The van der Waals surface area contributed by atoms with E-state index >= 15 is 0 Å². The van der Waals surface area contributed by atoms with Crippen LogP contribution in [-0.2, 0) is 10.8 Å². The van der Waals surface area contributed by atoms with E-state index in [0.29, 0.717) is 0 Å². The lowest BCUT2D eigenvalue weighted by Crippen LogP contribution is -2.19. The normalized spacial score (nSPS) is 12.4. The standard InChI is InChI=1S/C23H30N4/c1-15-11-16(2)13-18(12-15)27-20(25-26-21(27)23(6,7)8)17-9-10-19(24-14-17)22(3,4)5/h9-14H,1-8H3. The minimum Gasteiger partial charge on any atom is -0.278 e. The highest BCUT2D eigenvalue weighted by Crippen LogP contribution is 2.30. The van der Waals surface area contributed by atoms with Crippen molar-refractivity contribution in [3.8, 4) is 17.1 Å². The molecule has 0 N–H and O–H groups in total. The maximum absolute atomic E-state index is 4.69. The van der Waals surface area contributed by atoms with E-state index < -0.39 is 0 Å². The van der Waals surface area contributed by atoms with Crippen LogP contribution in [0, 0.1) is 13.8 Å². The second kappa shape index (κ2) is 6.59. The first kappa shape index (κ1) is 19.3. The van der Waals surface area contributed by atoms with Gasteiger partial charge in [-0.2, -0.15) is 0 Å². The van der Waals surface area contributed by atoms with Gasteiger partial charge in [-0.15, -0.1) is 10.2 Å². The van der Waals surface area contributed by atoms with Gasteiger partial charge in [0, 0.05) is 34.0 Å². The van der Waals surface area contributed by atoms with Gasteiger partial charge in [-0.1, -0.05) is 47.6 Å². The Morgan fingerprint density at radius 3 is 1.89 bits per heavy atom. The average Bonchev–Trinajstić information content (AvgIpc) is 2.98. The van der Waals surface area contributed by atoms with Crippen LogP contribution in [0.5, 0.6) is 0 Å². The molecule has 1 aromatic carbocycles. The molecule has 2 heterocycles. The smallest absolute Gasteiger partial charge is 0.170 e. The fraction of sp³-hybridized carbons (Fsp3) is 0.435. The Balaban J connectivity index is 2.21. The molecule has 4 nitrogen and oxygen atoms in total. The number of aryl methyl sites for hydroxylation is 2. The van der Waals surface area contributed by atoms with Gasteiger partial charge in [0.1, 0.15) is 5.82 Å². The molecular formula is C23H30N4. The molecule has 3 rings (SSSR count). The van der Waals surface area contributed by atoms with E-state index in [2.05, 4.69) is 105 Å². The van der Waals surface area contributed by atoms with Crippen LogP contribution in [0.1, 0.15) is 64.2 Å². The van der Waals surface area contributed by atoms with E-state index in [-0.39, 0.29) is 10.8 Å². The van der Waals surface area contributed by atoms with Crippen LogP contribution in [0.4, 0.5) is 0 Å². The van der Waals surface area contributed by atoms with Gasteiger partial charge >= 0.3 is 0 Å². The lowest BCUT2D eigenvalue weighted by atomic mass is 9.91. The number of pyridine rings is 1. The van der Waals surface area contributed by atoms with Gasteiger partial charge < -0.3 is 0 Å². The van der Waals surface area contributed by atoms with E-state index in [1.165, 1.54) is 11.1 Å². The molecule has 0 saturated heterocycles. The van der Waals surface area contributed by atoms with Crippen molar-refractivity contribution in [1.29, 1.82) is 0 Å². The molecular weight excluding hydrogens is 332 g/mol. The van der Waals surface area contributed by atoms with E-state index in [1.807, 2.05) is 6.20 Å². The van der Waals surface area contributed by atoms with Crippen molar-refractivity contribution in [3.63, 3.8) is 0 Å². The number of hydrogen-bond acceptors (Lipinski definition) is 3. The first-order valence-corrected chi connectivity index (χ1v) is 9.48. The van der Waals surface area contributed by atoms with Crippen molar-refractivity contribution in [2.75, 3.05) is 0 Å². The molecule has 4 heteroatoms. The van der Waals surface area contributed by atoms with Gasteiger partial charge in [-0.05, 0) is 49.2 Å². The third-order valence-corrected chi connectivity index (χ3v) is 4.59. The summed E-state index contributed by atoms with van der Waals surface area (Å²) in [6.07, 6.45) is 1.91. The SMILES string of the molecule is Cc1cc(C)cc(-n2c(-c3ccc(C(C)(C)C)nc3)nnc2C(C)(C)C)c1. The summed E-state index contributed by atoms with van der Waals surface area (Å²) in [5.74, 6) is 1.78. The van der Waals surface area contributed by atoms with Gasteiger partial charge in [-0.3, -0.25) is 9.55 Å². The van der Waals surface area contributed by atoms with Gasteiger partial charge in [0.25, 0.3) is 0 Å². The average molecular weight is 363 g/mol. The summed E-state index contributed by atoms with van der Waals surface area (Å²) in [6.45, 7) is 17.3. The molecule has 0 saturated carbocycles. The quantitative estimate of drug-likeness (QED) is 0.601. The molecule has 0 fully saturated rings.